The summed E-state index contributed by atoms with van der Waals surface area (Å²) in [4.78, 5) is 4.27. The van der Waals surface area contributed by atoms with Crippen molar-refractivity contribution in [3.05, 3.63) is 0 Å². The molecule has 19 heavy (non-hydrogen) atoms. The van der Waals surface area contributed by atoms with Gasteiger partial charge in [-0.2, -0.15) is 11.8 Å². The van der Waals surface area contributed by atoms with Gasteiger partial charge in [-0.15, -0.1) is 24.0 Å². The molecule has 2 saturated heterocycles. The SMILES string of the molecule is CN=C(NCC1CCCO1)NCC1(C)CCCS1.I. The van der Waals surface area contributed by atoms with Crippen LogP contribution in [-0.4, -0.2) is 49.3 Å². The number of rotatable bonds is 4. The zero-order valence-electron chi connectivity index (χ0n) is 11.9. The summed E-state index contributed by atoms with van der Waals surface area (Å²) in [5.41, 5.74) is 0. The third kappa shape index (κ3) is 5.67. The minimum atomic E-state index is 0. The van der Waals surface area contributed by atoms with Gasteiger partial charge < -0.3 is 15.4 Å². The van der Waals surface area contributed by atoms with E-state index in [1.165, 1.54) is 25.0 Å². The van der Waals surface area contributed by atoms with E-state index in [2.05, 4.69) is 34.3 Å². The van der Waals surface area contributed by atoms with E-state index >= 15 is 0 Å². The van der Waals surface area contributed by atoms with Crippen LogP contribution in [0.15, 0.2) is 4.99 Å². The first-order valence-corrected chi connectivity index (χ1v) is 7.90. The maximum absolute atomic E-state index is 5.60. The van der Waals surface area contributed by atoms with E-state index in [1.807, 2.05) is 7.05 Å². The molecule has 0 saturated carbocycles. The Kier molecular flexibility index (Phi) is 7.83. The van der Waals surface area contributed by atoms with Gasteiger partial charge in [0.05, 0.1) is 6.10 Å². The quantitative estimate of drug-likeness (QED) is 0.433. The molecule has 0 bridgehead atoms. The second-order valence-corrected chi connectivity index (χ2v) is 7.03. The predicted octanol–water partition coefficient (Wildman–Crippen LogP) is 2.23. The average molecular weight is 399 g/mol. The van der Waals surface area contributed by atoms with Crippen molar-refractivity contribution in [1.82, 2.24) is 10.6 Å². The number of hydrogen-bond donors (Lipinski definition) is 2. The first-order chi connectivity index (χ1) is 8.72. The lowest BCUT2D eigenvalue weighted by Crippen LogP contribution is -2.45. The zero-order valence-corrected chi connectivity index (χ0v) is 15.1. The molecule has 112 valence electrons. The average Bonchev–Trinajstić information content (AvgIpc) is 3.01. The number of ether oxygens (including phenoxy) is 1. The number of hydrogen-bond acceptors (Lipinski definition) is 3. The first kappa shape index (κ1) is 17.4. The van der Waals surface area contributed by atoms with Crippen LogP contribution in [0.3, 0.4) is 0 Å². The van der Waals surface area contributed by atoms with Crippen molar-refractivity contribution >= 4 is 41.7 Å². The van der Waals surface area contributed by atoms with Gasteiger partial charge in [-0.25, -0.2) is 0 Å². The van der Waals surface area contributed by atoms with Crippen molar-refractivity contribution < 1.29 is 4.74 Å². The molecule has 6 heteroatoms. The van der Waals surface area contributed by atoms with E-state index in [4.69, 9.17) is 4.74 Å². The highest BCUT2D eigenvalue weighted by Crippen LogP contribution is 2.36. The minimum absolute atomic E-state index is 0. The Labute approximate surface area is 137 Å². The molecule has 2 aliphatic rings. The number of aliphatic imine (C=N–C) groups is 1. The fraction of sp³-hybridized carbons (Fsp3) is 0.923. The van der Waals surface area contributed by atoms with Crippen LogP contribution in [0, 0.1) is 0 Å². The Morgan fingerprint density at radius 1 is 1.42 bits per heavy atom. The fourth-order valence-electron chi connectivity index (χ4n) is 2.48. The molecule has 0 aromatic rings. The molecule has 2 atom stereocenters. The van der Waals surface area contributed by atoms with Crippen molar-refractivity contribution in [2.24, 2.45) is 4.99 Å². The Morgan fingerprint density at radius 3 is 2.84 bits per heavy atom. The van der Waals surface area contributed by atoms with Gasteiger partial charge in [0.15, 0.2) is 5.96 Å². The largest absolute Gasteiger partial charge is 0.376 e. The summed E-state index contributed by atoms with van der Waals surface area (Å²) in [6, 6.07) is 0. The fourth-order valence-corrected chi connectivity index (χ4v) is 3.73. The van der Waals surface area contributed by atoms with Crippen LogP contribution >= 0.6 is 35.7 Å². The lowest BCUT2D eigenvalue weighted by molar-refractivity contribution is 0.114. The monoisotopic (exact) mass is 399 g/mol. The molecule has 2 rings (SSSR count). The maximum Gasteiger partial charge on any atom is 0.191 e. The molecule has 2 aliphatic heterocycles. The second-order valence-electron chi connectivity index (χ2n) is 5.34. The van der Waals surface area contributed by atoms with E-state index in [-0.39, 0.29) is 24.0 Å². The Hall–Kier alpha value is 0.310. The van der Waals surface area contributed by atoms with Crippen LogP contribution in [0.5, 0.6) is 0 Å². The van der Waals surface area contributed by atoms with Crippen molar-refractivity contribution in [1.29, 1.82) is 0 Å². The van der Waals surface area contributed by atoms with Gasteiger partial charge in [-0.05, 0) is 38.4 Å². The Balaban J connectivity index is 0.00000180. The van der Waals surface area contributed by atoms with Crippen LogP contribution in [0.2, 0.25) is 0 Å². The van der Waals surface area contributed by atoms with Crippen molar-refractivity contribution in [3.8, 4) is 0 Å². The standard InChI is InChI=1S/C13H25N3OS.HI/c1-13(6-4-8-18-13)10-16-12(14-2)15-9-11-5-3-7-17-11;/h11H,3-10H2,1-2H3,(H2,14,15,16);1H. The highest BCUT2D eigenvalue weighted by molar-refractivity contribution is 14.0. The molecule has 0 aliphatic carbocycles. The van der Waals surface area contributed by atoms with Crippen LogP contribution in [0.25, 0.3) is 0 Å². The molecular weight excluding hydrogens is 373 g/mol. The first-order valence-electron chi connectivity index (χ1n) is 6.92. The summed E-state index contributed by atoms with van der Waals surface area (Å²) in [7, 11) is 1.83. The summed E-state index contributed by atoms with van der Waals surface area (Å²) >= 11 is 2.07. The van der Waals surface area contributed by atoms with E-state index in [0.717, 1.165) is 32.1 Å². The number of halogens is 1. The number of guanidine groups is 1. The molecular formula is C13H26IN3OS. The van der Waals surface area contributed by atoms with Gasteiger partial charge >= 0.3 is 0 Å². The van der Waals surface area contributed by atoms with E-state index in [1.54, 1.807) is 0 Å². The molecule has 0 amide bonds. The lowest BCUT2D eigenvalue weighted by atomic mass is 10.1. The molecule has 2 N–H and O–H groups in total. The summed E-state index contributed by atoms with van der Waals surface area (Å²) in [6.45, 7) is 5.10. The maximum atomic E-state index is 5.60. The summed E-state index contributed by atoms with van der Waals surface area (Å²) in [5, 5.41) is 6.80. The third-order valence-corrected chi connectivity index (χ3v) is 5.21. The van der Waals surface area contributed by atoms with Crippen molar-refractivity contribution in [2.45, 2.75) is 43.5 Å². The number of nitrogens with zero attached hydrogens (tertiary/aromatic N) is 1. The van der Waals surface area contributed by atoms with E-state index < -0.39 is 0 Å². The van der Waals surface area contributed by atoms with Crippen LogP contribution in [-0.2, 0) is 4.74 Å². The van der Waals surface area contributed by atoms with Gasteiger partial charge in [-0.1, -0.05) is 0 Å². The zero-order chi connectivity index (χ0) is 12.8. The third-order valence-electron chi connectivity index (χ3n) is 3.68. The highest BCUT2D eigenvalue weighted by Gasteiger charge is 2.29. The lowest BCUT2D eigenvalue weighted by Gasteiger charge is -2.24. The number of thioether (sulfide) groups is 1. The molecule has 0 aromatic heterocycles. The second kappa shape index (κ2) is 8.56. The minimum Gasteiger partial charge on any atom is -0.376 e. The number of nitrogens with one attached hydrogen (secondary N) is 2. The molecule has 4 nitrogen and oxygen atoms in total. The molecule has 2 fully saturated rings. The highest BCUT2D eigenvalue weighted by atomic mass is 127. The van der Waals surface area contributed by atoms with Crippen LogP contribution in [0.4, 0.5) is 0 Å². The molecule has 0 aromatic carbocycles. The van der Waals surface area contributed by atoms with Crippen molar-refractivity contribution in [3.63, 3.8) is 0 Å². The van der Waals surface area contributed by atoms with Gasteiger partial charge in [0.2, 0.25) is 0 Å². The Morgan fingerprint density at radius 2 is 2.26 bits per heavy atom. The molecule has 0 spiro atoms. The van der Waals surface area contributed by atoms with Crippen LogP contribution < -0.4 is 10.6 Å². The molecule has 2 heterocycles. The topological polar surface area (TPSA) is 45.7 Å². The summed E-state index contributed by atoms with van der Waals surface area (Å²) in [6.07, 6.45) is 5.35. The normalized spacial score (nSPS) is 31.1. The van der Waals surface area contributed by atoms with Gasteiger partial charge in [-0.3, -0.25) is 4.99 Å². The smallest absolute Gasteiger partial charge is 0.191 e. The van der Waals surface area contributed by atoms with E-state index in [0.29, 0.717) is 10.9 Å². The predicted molar refractivity (Wildman–Crippen MR) is 93.9 cm³/mol. The Bertz CT molecular complexity index is 290. The summed E-state index contributed by atoms with van der Waals surface area (Å²) in [5.74, 6) is 2.19. The van der Waals surface area contributed by atoms with E-state index in [9.17, 15) is 0 Å². The van der Waals surface area contributed by atoms with Gasteiger partial charge in [0.1, 0.15) is 0 Å². The molecule has 2 unspecified atom stereocenters. The van der Waals surface area contributed by atoms with Crippen LogP contribution in [0.1, 0.15) is 32.6 Å². The van der Waals surface area contributed by atoms with Crippen molar-refractivity contribution in [2.75, 3.05) is 32.5 Å². The van der Waals surface area contributed by atoms with Gasteiger partial charge in [0.25, 0.3) is 0 Å². The van der Waals surface area contributed by atoms with Gasteiger partial charge in [0, 0.05) is 31.5 Å². The molecule has 0 radical (unpaired) electrons. The summed E-state index contributed by atoms with van der Waals surface area (Å²) < 4.78 is 5.97.